The summed E-state index contributed by atoms with van der Waals surface area (Å²) in [5, 5.41) is 0. The van der Waals surface area contributed by atoms with Gasteiger partial charge in [-0.05, 0) is 6.92 Å². The summed E-state index contributed by atoms with van der Waals surface area (Å²) in [5.74, 6) is 0. The summed E-state index contributed by atoms with van der Waals surface area (Å²) in [7, 11) is 0. The molecule has 0 aliphatic carbocycles. The van der Waals surface area contributed by atoms with E-state index in [0.717, 1.165) is 0 Å². The lowest BCUT2D eigenvalue weighted by Crippen LogP contribution is -1.27. The zero-order valence-electron chi connectivity index (χ0n) is 58.4. The Morgan fingerprint density at radius 2 is 0.183 bits per heavy atom. The highest BCUT2D eigenvalue weighted by molar-refractivity contribution is 4.51. The highest BCUT2D eigenvalue weighted by Gasteiger charge is 1.35. The molecule has 0 aliphatic heterocycles. The smallest absolute Gasteiger partial charge is 0.0473 e. The molecule has 0 bridgehead atoms. The van der Waals surface area contributed by atoms with Crippen molar-refractivity contribution in [2.24, 2.45) is 0 Å². The van der Waals surface area contributed by atoms with E-state index < -0.39 is 0 Å². The van der Waals surface area contributed by atoms with E-state index in [1.165, 1.54) is 6.42 Å². The summed E-state index contributed by atoms with van der Waals surface area (Å²) in [4.78, 5) is 0. The highest BCUT2D eigenvalue weighted by atomic mass is 13.4. The standard InChI is InChI=1S/C3H8.C3H6.26C2H6.C2H4/c2*1-3-2;27*1-2/h3H2,1-2H3;3H,1H2,2H3;26*1-2H3;1-2H2. The molecule has 0 nitrogen and oxygen atoms in total. The van der Waals surface area contributed by atoms with Crippen molar-refractivity contribution < 1.29 is 0 Å². The van der Waals surface area contributed by atoms with Crippen molar-refractivity contribution in [2.75, 3.05) is 0 Å². The molecule has 0 aromatic heterocycles. The third-order valence-electron chi connectivity index (χ3n) is 0. The van der Waals surface area contributed by atoms with Crippen LogP contribution in [0.15, 0.2) is 25.8 Å². The van der Waals surface area contributed by atoms with Crippen LogP contribution in [-0.4, -0.2) is 0 Å². The summed E-state index contributed by atoms with van der Waals surface area (Å²) in [6, 6.07) is 0. The van der Waals surface area contributed by atoms with Crippen molar-refractivity contribution in [1.82, 2.24) is 0 Å². The molecule has 0 aromatic carbocycles. The zero-order valence-corrected chi connectivity index (χ0v) is 58.4. The Balaban J connectivity index is -0.00000000615. The van der Waals surface area contributed by atoms with Crippen molar-refractivity contribution in [3.63, 3.8) is 0 Å². The van der Waals surface area contributed by atoms with Crippen molar-refractivity contribution >= 4 is 0 Å². The average molecular weight is 896 g/mol. The molecule has 0 heterocycles. The molecular formula is C60H174. The maximum absolute atomic E-state index is 3.36. The van der Waals surface area contributed by atoms with Crippen LogP contribution in [0.1, 0.15) is 387 Å². The monoisotopic (exact) mass is 895 g/mol. The van der Waals surface area contributed by atoms with Gasteiger partial charge in [-0.25, -0.2) is 0 Å². The van der Waals surface area contributed by atoms with Crippen LogP contribution in [0.4, 0.5) is 0 Å². The van der Waals surface area contributed by atoms with E-state index in [1.807, 2.05) is 367 Å². The lowest BCUT2D eigenvalue weighted by Gasteiger charge is -1.48. The van der Waals surface area contributed by atoms with Gasteiger partial charge in [0, 0.05) is 0 Å². The highest BCUT2D eigenvalue weighted by Crippen LogP contribution is 1.56. The number of hydrogen-bond donors (Lipinski definition) is 0. The molecule has 0 aliphatic rings. The van der Waals surface area contributed by atoms with Gasteiger partial charge < -0.3 is 0 Å². The van der Waals surface area contributed by atoms with Crippen LogP contribution in [0.25, 0.3) is 0 Å². The molecule has 0 fully saturated rings. The second-order valence-electron chi connectivity index (χ2n) is 1.12. The van der Waals surface area contributed by atoms with Crippen LogP contribution in [-0.2, 0) is 0 Å². The van der Waals surface area contributed by atoms with Gasteiger partial charge in [0.2, 0.25) is 0 Å². The normalized spacial score (nSPS) is 3.18. The summed E-state index contributed by atoms with van der Waals surface area (Å²) >= 11 is 0. The summed E-state index contributed by atoms with van der Waals surface area (Å²) in [6.07, 6.45) is 3.00. The predicted octanol–water partition coefficient (Wildman–Crippen LogP) is 30.1. The Kier molecular flexibility index (Phi) is 322000. The van der Waals surface area contributed by atoms with Crippen LogP contribution in [0.2, 0.25) is 0 Å². The SMILES string of the molecule is C=C.C=CC.CC.CC.CC.CC.CC.CC.CC.CC.CC.CC.CC.CC.CC.CC.CC.CC.CC.CC.CC.CC.CC.CC.CC.CC.CC.CC.CCC. The Morgan fingerprint density at radius 3 is 0.183 bits per heavy atom. The van der Waals surface area contributed by atoms with Crippen LogP contribution in [0.3, 0.4) is 0 Å². The van der Waals surface area contributed by atoms with Crippen LogP contribution < -0.4 is 0 Å². The number of allylic oxidation sites excluding steroid dienone is 1. The van der Waals surface area contributed by atoms with Crippen molar-refractivity contribution in [2.45, 2.75) is 387 Å². The van der Waals surface area contributed by atoms with Gasteiger partial charge in [-0.3, -0.25) is 0 Å². The molecule has 0 amide bonds. The number of rotatable bonds is 0. The first-order valence-electron chi connectivity index (χ1n) is 28.9. The Morgan fingerprint density at radius 1 is 0.183 bits per heavy atom. The van der Waals surface area contributed by atoms with Gasteiger partial charge in [-0.15, -0.1) is 19.7 Å². The van der Waals surface area contributed by atoms with Crippen LogP contribution >= 0.6 is 0 Å². The lowest BCUT2D eigenvalue weighted by molar-refractivity contribution is 1.09. The van der Waals surface area contributed by atoms with Gasteiger partial charge in [-0.1, -0.05) is 386 Å². The molecule has 0 saturated heterocycles. The van der Waals surface area contributed by atoms with Crippen molar-refractivity contribution in [1.29, 1.82) is 0 Å². The van der Waals surface area contributed by atoms with E-state index in [2.05, 4.69) is 33.6 Å². The predicted molar refractivity (Wildman–Crippen MR) is 338 cm³/mol. The summed E-state index contributed by atoms with van der Waals surface area (Å²) < 4.78 is 0. The van der Waals surface area contributed by atoms with Gasteiger partial charge in [0.15, 0.2) is 0 Å². The van der Waals surface area contributed by atoms with Gasteiger partial charge >= 0.3 is 0 Å². The van der Waals surface area contributed by atoms with E-state index in [4.69, 9.17) is 0 Å². The largest absolute Gasteiger partial charge is 0.106 e. The van der Waals surface area contributed by atoms with Crippen LogP contribution in [0, 0.1) is 0 Å². The fraction of sp³-hybridized carbons (Fsp3) is 0.933. The van der Waals surface area contributed by atoms with E-state index in [0.29, 0.717) is 0 Å². The quantitative estimate of drug-likeness (QED) is 0.213. The molecule has 414 valence electrons. The fourth-order valence-electron chi connectivity index (χ4n) is 0. The summed E-state index contributed by atoms with van der Waals surface area (Å²) in [6.45, 7) is 120. The number of hydrogen-bond acceptors (Lipinski definition) is 0. The lowest BCUT2D eigenvalue weighted by atomic mass is 10.6. The molecule has 0 heteroatoms. The first-order chi connectivity index (χ1) is 29.8. The average Bonchev–Trinajstić information content (AvgIpc) is 3.47. The second-order valence-corrected chi connectivity index (χ2v) is 1.12. The molecule has 0 rings (SSSR count). The third kappa shape index (κ3) is 678000. The topological polar surface area (TPSA) is 0 Å². The van der Waals surface area contributed by atoms with E-state index in [-0.39, 0.29) is 0 Å². The first-order valence-corrected chi connectivity index (χ1v) is 28.9. The molecule has 0 radical (unpaired) electrons. The maximum atomic E-state index is 3.36. The maximum Gasteiger partial charge on any atom is -0.0473 e. The minimum atomic E-state index is 1.25. The Hall–Kier alpha value is -0.520. The van der Waals surface area contributed by atoms with Gasteiger partial charge in [0.25, 0.3) is 0 Å². The Bertz CT molecular complexity index is 21.2. The molecule has 0 atom stereocenters. The minimum Gasteiger partial charge on any atom is -0.106 e. The molecule has 0 N–H and O–H groups in total. The molecular weight excluding hydrogens is 721 g/mol. The fourth-order valence-corrected chi connectivity index (χ4v) is 0. The Labute approximate surface area is 411 Å². The molecule has 0 aromatic rings. The molecule has 0 saturated carbocycles. The van der Waals surface area contributed by atoms with E-state index >= 15 is 0 Å². The molecule has 60 heavy (non-hydrogen) atoms. The van der Waals surface area contributed by atoms with Crippen molar-refractivity contribution in [3.05, 3.63) is 25.8 Å². The van der Waals surface area contributed by atoms with Gasteiger partial charge in [-0.2, -0.15) is 0 Å². The second kappa shape index (κ2) is 88200. The van der Waals surface area contributed by atoms with Crippen LogP contribution in [0.5, 0.6) is 0 Å². The molecule has 0 spiro atoms. The van der Waals surface area contributed by atoms with Crippen molar-refractivity contribution in [3.8, 4) is 0 Å². The van der Waals surface area contributed by atoms with Gasteiger partial charge in [0.1, 0.15) is 0 Å². The first kappa shape index (κ1) is 219. The third-order valence-corrected chi connectivity index (χ3v) is 0. The minimum absolute atomic E-state index is 1.25. The zero-order chi connectivity index (χ0) is 59.4. The molecule has 0 unspecified atom stereocenters. The van der Waals surface area contributed by atoms with E-state index in [9.17, 15) is 0 Å². The van der Waals surface area contributed by atoms with E-state index in [1.54, 1.807) is 6.08 Å². The summed E-state index contributed by atoms with van der Waals surface area (Å²) in [5.41, 5.74) is 0. The van der Waals surface area contributed by atoms with Gasteiger partial charge in [0.05, 0.1) is 0 Å².